The van der Waals surface area contributed by atoms with E-state index < -0.39 is 0 Å². The molecule has 0 spiro atoms. The van der Waals surface area contributed by atoms with Crippen molar-refractivity contribution in [3.05, 3.63) is 103 Å². The highest BCUT2D eigenvalue weighted by Gasteiger charge is 2.12. The second-order valence-corrected chi connectivity index (χ2v) is 8.13. The van der Waals surface area contributed by atoms with E-state index in [0.717, 1.165) is 38.6 Å². The van der Waals surface area contributed by atoms with Gasteiger partial charge in [-0.3, -0.25) is 9.89 Å². The summed E-state index contributed by atoms with van der Waals surface area (Å²) in [6, 6.07) is 25.4. The van der Waals surface area contributed by atoms with E-state index >= 15 is 0 Å². The number of carbonyl (C=O) groups is 1. The van der Waals surface area contributed by atoms with Gasteiger partial charge in [0.1, 0.15) is 5.82 Å². The van der Waals surface area contributed by atoms with E-state index in [-0.39, 0.29) is 5.78 Å². The minimum absolute atomic E-state index is 0.0565. The van der Waals surface area contributed by atoms with Crippen molar-refractivity contribution in [1.29, 1.82) is 0 Å². The highest BCUT2D eigenvalue weighted by Crippen LogP contribution is 2.25. The first-order valence-corrected chi connectivity index (χ1v) is 10.9. The van der Waals surface area contributed by atoms with Gasteiger partial charge in [0.25, 0.3) is 0 Å². The van der Waals surface area contributed by atoms with Crippen molar-refractivity contribution in [3.8, 4) is 11.4 Å². The number of benzene rings is 3. The summed E-state index contributed by atoms with van der Waals surface area (Å²) in [4.78, 5) is 25.2. The van der Waals surface area contributed by atoms with Crippen molar-refractivity contribution in [2.75, 3.05) is 5.32 Å². The molecule has 3 heterocycles. The zero-order valence-corrected chi connectivity index (χ0v) is 18.1. The van der Waals surface area contributed by atoms with E-state index in [9.17, 15) is 4.79 Å². The van der Waals surface area contributed by atoms with Crippen LogP contribution in [0.1, 0.15) is 16.1 Å². The van der Waals surface area contributed by atoms with Gasteiger partial charge in [-0.25, -0.2) is 9.97 Å². The van der Waals surface area contributed by atoms with Crippen LogP contribution in [0.3, 0.4) is 0 Å². The maximum Gasteiger partial charge on any atom is 0.183 e. The zero-order valence-electron chi connectivity index (χ0n) is 18.1. The lowest BCUT2D eigenvalue weighted by Crippen LogP contribution is -2.03. The average molecular weight is 444 g/mol. The van der Waals surface area contributed by atoms with Gasteiger partial charge in [-0.2, -0.15) is 5.10 Å². The van der Waals surface area contributed by atoms with Crippen LogP contribution in [-0.2, 0) is 6.42 Å². The molecule has 7 heteroatoms. The van der Waals surface area contributed by atoms with Gasteiger partial charge in [0.2, 0.25) is 0 Å². The molecule has 0 bridgehead atoms. The number of nitrogens with one attached hydrogen (secondary N) is 3. The number of nitrogens with zero attached hydrogens (tertiary/aromatic N) is 3. The molecule has 0 aliphatic heterocycles. The third-order valence-corrected chi connectivity index (χ3v) is 5.76. The first-order chi connectivity index (χ1) is 16.7. The second-order valence-electron chi connectivity index (χ2n) is 8.13. The third kappa shape index (κ3) is 3.91. The zero-order chi connectivity index (χ0) is 22.9. The molecular formula is C27H20N6O. The molecular weight excluding hydrogens is 424 g/mol. The number of anilines is 2. The second kappa shape index (κ2) is 8.29. The molecule has 3 aromatic carbocycles. The van der Waals surface area contributed by atoms with Crippen LogP contribution in [0.15, 0.2) is 91.3 Å². The summed E-state index contributed by atoms with van der Waals surface area (Å²) in [7, 11) is 0. The van der Waals surface area contributed by atoms with Crippen LogP contribution in [-0.4, -0.2) is 30.9 Å². The maximum atomic E-state index is 12.8. The molecule has 7 nitrogen and oxygen atoms in total. The minimum Gasteiger partial charge on any atom is -0.352 e. The monoisotopic (exact) mass is 444 g/mol. The summed E-state index contributed by atoms with van der Waals surface area (Å²) >= 11 is 0. The van der Waals surface area contributed by atoms with Crippen LogP contribution < -0.4 is 5.32 Å². The summed E-state index contributed by atoms with van der Waals surface area (Å²) in [6.45, 7) is 0. The first-order valence-electron chi connectivity index (χ1n) is 10.9. The Morgan fingerprint density at radius 3 is 2.71 bits per heavy atom. The Kier molecular flexibility index (Phi) is 4.85. The van der Waals surface area contributed by atoms with Gasteiger partial charge < -0.3 is 10.3 Å². The molecule has 6 rings (SSSR count). The number of aromatic amines is 2. The SMILES string of the molecule is O=C(Cc1ccccc1)c1cc2ccc(-c3nccc(Nc4ccc5[nH]ncc5c4)n3)cc2[nH]1. The van der Waals surface area contributed by atoms with E-state index in [0.29, 0.717) is 23.8 Å². The Bertz CT molecular complexity index is 1630. The first kappa shape index (κ1) is 19.9. The molecule has 0 atom stereocenters. The summed E-state index contributed by atoms with van der Waals surface area (Å²) in [5, 5.41) is 12.3. The predicted octanol–water partition coefficient (Wildman–Crippen LogP) is 5.67. The number of H-pyrrole nitrogens is 2. The van der Waals surface area contributed by atoms with Crippen LogP contribution in [0.2, 0.25) is 0 Å². The van der Waals surface area contributed by atoms with Gasteiger partial charge in [-0.15, -0.1) is 0 Å². The van der Waals surface area contributed by atoms with E-state index in [1.54, 1.807) is 12.4 Å². The van der Waals surface area contributed by atoms with Crippen molar-refractivity contribution < 1.29 is 4.79 Å². The number of hydrogen-bond acceptors (Lipinski definition) is 5. The Morgan fingerprint density at radius 1 is 0.882 bits per heavy atom. The number of ketones is 1. The largest absolute Gasteiger partial charge is 0.352 e. The highest BCUT2D eigenvalue weighted by molar-refractivity contribution is 6.01. The molecule has 0 amide bonds. The molecule has 6 aromatic rings. The van der Waals surface area contributed by atoms with Gasteiger partial charge in [-0.1, -0.05) is 42.5 Å². The van der Waals surface area contributed by atoms with Gasteiger partial charge in [-0.05, 0) is 42.0 Å². The van der Waals surface area contributed by atoms with E-state index in [1.165, 1.54) is 0 Å². The molecule has 0 radical (unpaired) electrons. The van der Waals surface area contributed by atoms with E-state index in [4.69, 9.17) is 0 Å². The third-order valence-electron chi connectivity index (χ3n) is 5.76. The summed E-state index contributed by atoms with van der Waals surface area (Å²) in [5.74, 6) is 1.35. The Hall–Kier alpha value is -4.78. The van der Waals surface area contributed by atoms with Gasteiger partial charge in [0, 0.05) is 40.2 Å². The van der Waals surface area contributed by atoms with Crippen molar-refractivity contribution in [3.63, 3.8) is 0 Å². The highest BCUT2D eigenvalue weighted by atomic mass is 16.1. The fourth-order valence-corrected chi connectivity index (χ4v) is 4.03. The minimum atomic E-state index is 0.0565. The summed E-state index contributed by atoms with van der Waals surface area (Å²) < 4.78 is 0. The Labute approximate surface area is 194 Å². The summed E-state index contributed by atoms with van der Waals surface area (Å²) in [5.41, 5.74) is 5.24. The summed E-state index contributed by atoms with van der Waals surface area (Å²) in [6.07, 6.45) is 3.88. The van der Waals surface area contributed by atoms with Crippen molar-refractivity contribution in [1.82, 2.24) is 25.1 Å². The lowest BCUT2D eigenvalue weighted by atomic mass is 10.1. The van der Waals surface area contributed by atoms with Gasteiger partial charge in [0.15, 0.2) is 11.6 Å². The van der Waals surface area contributed by atoms with Crippen LogP contribution in [0.4, 0.5) is 11.5 Å². The van der Waals surface area contributed by atoms with Crippen LogP contribution in [0, 0.1) is 0 Å². The Balaban J connectivity index is 1.25. The quantitative estimate of drug-likeness (QED) is 0.288. The fourth-order valence-electron chi connectivity index (χ4n) is 4.03. The number of aromatic nitrogens is 5. The number of Topliss-reactive ketones (excluding diaryl/α,β-unsaturated/α-hetero) is 1. The lowest BCUT2D eigenvalue weighted by molar-refractivity contribution is 0.0989. The fraction of sp³-hybridized carbons (Fsp3) is 0.0370. The van der Waals surface area contributed by atoms with Gasteiger partial charge in [0.05, 0.1) is 17.4 Å². The molecule has 0 unspecified atom stereocenters. The lowest BCUT2D eigenvalue weighted by Gasteiger charge is -2.07. The van der Waals surface area contributed by atoms with Crippen molar-refractivity contribution >= 4 is 39.1 Å². The molecule has 0 saturated heterocycles. The average Bonchev–Trinajstić information content (AvgIpc) is 3.51. The predicted molar refractivity (Wildman–Crippen MR) is 133 cm³/mol. The maximum absolute atomic E-state index is 12.8. The Morgan fingerprint density at radius 2 is 1.79 bits per heavy atom. The van der Waals surface area contributed by atoms with E-state index in [1.807, 2.05) is 78.9 Å². The molecule has 0 saturated carbocycles. The standard InChI is InChI=1S/C27H20N6O/c34-25(12-17-4-2-1-3-5-17)24-14-18-6-7-19(15-23(18)31-24)27-28-11-10-26(32-27)30-21-8-9-22-20(13-21)16-29-33-22/h1-11,13-16,31H,12H2,(H,29,33)(H,28,30,32). The van der Waals surface area contributed by atoms with Crippen molar-refractivity contribution in [2.45, 2.75) is 6.42 Å². The molecule has 0 aliphatic carbocycles. The topological polar surface area (TPSA) is 99.3 Å². The van der Waals surface area contributed by atoms with Crippen LogP contribution in [0.25, 0.3) is 33.2 Å². The normalized spacial score (nSPS) is 11.2. The number of rotatable bonds is 6. The number of fused-ring (bicyclic) bond motifs is 2. The van der Waals surface area contributed by atoms with Gasteiger partial charge >= 0.3 is 0 Å². The number of hydrogen-bond donors (Lipinski definition) is 3. The molecule has 34 heavy (non-hydrogen) atoms. The molecule has 3 aromatic heterocycles. The van der Waals surface area contributed by atoms with Crippen molar-refractivity contribution in [2.24, 2.45) is 0 Å². The number of carbonyl (C=O) groups excluding carboxylic acids is 1. The smallest absolute Gasteiger partial charge is 0.183 e. The van der Waals surface area contributed by atoms with Crippen LogP contribution in [0.5, 0.6) is 0 Å². The molecule has 0 fully saturated rings. The molecule has 3 N–H and O–H groups in total. The van der Waals surface area contributed by atoms with Crippen LogP contribution >= 0.6 is 0 Å². The van der Waals surface area contributed by atoms with E-state index in [2.05, 4.69) is 30.5 Å². The molecule has 164 valence electrons. The molecule has 0 aliphatic rings.